The zero-order chi connectivity index (χ0) is 24.7. The summed E-state index contributed by atoms with van der Waals surface area (Å²) in [6, 6.07) is 22.9. The normalized spacial score (nSPS) is 15.9. The van der Waals surface area contributed by atoms with E-state index >= 15 is 0 Å². The van der Waals surface area contributed by atoms with E-state index in [2.05, 4.69) is 94.2 Å². The molecule has 34 heavy (non-hydrogen) atoms. The first-order valence-electron chi connectivity index (χ1n) is 11.6. The number of fused-ring (bicyclic) bond motifs is 1. The largest absolute Gasteiger partial charge is 0.478 e. The van der Waals surface area contributed by atoms with Gasteiger partial charge in [-0.05, 0) is 100 Å². The number of aryl methyl sites for hydroxylation is 1. The third-order valence-corrected chi connectivity index (χ3v) is 8.29. The summed E-state index contributed by atoms with van der Waals surface area (Å²) in [7, 11) is -1.06. The number of carbonyl (C=O) groups is 1. The molecule has 0 heterocycles. The SMILES string of the molecule is Cc1ccc(C2=CCC(C)(C)c3ccc(/C(=C/c4ccc(C(=O)O)cc4)S(C)(C)C)cc32)cc1. The van der Waals surface area contributed by atoms with Crippen molar-refractivity contribution in [1.29, 1.82) is 0 Å². The molecular formula is C31H34O2S. The standard InChI is InChI=1S/C31H34O2S/c1-21-7-11-23(12-8-21)26-17-18-31(2,3)28-16-15-25(20-27(26)28)29(34(4,5)6)19-22-9-13-24(14-10-22)30(32)33/h7-17,19-20H,18H2,1-6H3,(H,32,33)/b29-19-. The van der Waals surface area contributed by atoms with E-state index in [0.29, 0.717) is 5.56 Å². The van der Waals surface area contributed by atoms with Crippen molar-refractivity contribution < 1.29 is 9.90 Å². The Morgan fingerprint density at radius 3 is 2.12 bits per heavy atom. The van der Waals surface area contributed by atoms with Crippen LogP contribution < -0.4 is 0 Å². The first kappa shape index (κ1) is 24.1. The molecule has 0 saturated heterocycles. The van der Waals surface area contributed by atoms with Crippen LogP contribution in [0.1, 0.15) is 64.0 Å². The lowest BCUT2D eigenvalue weighted by atomic mass is 9.72. The number of carboxylic acids is 1. The minimum absolute atomic E-state index is 0.0905. The van der Waals surface area contributed by atoms with Crippen molar-refractivity contribution in [2.45, 2.75) is 32.6 Å². The maximum Gasteiger partial charge on any atom is 0.335 e. The first-order valence-corrected chi connectivity index (χ1v) is 14.5. The molecule has 0 fully saturated rings. The predicted octanol–water partition coefficient (Wildman–Crippen LogP) is 8.00. The van der Waals surface area contributed by atoms with Crippen LogP contribution in [-0.2, 0) is 5.41 Å². The molecule has 3 aromatic rings. The summed E-state index contributed by atoms with van der Waals surface area (Å²) in [6.07, 6.45) is 12.6. The van der Waals surface area contributed by atoms with Gasteiger partial charge in [0, 0.05) is 0 Å². The molecule has 0 amide bonds. The van der Waals surface area contributed by atoms with Gasteiger partial charge in [0.05, 0.1) is 5.56 Å². The Hall–Kier alpha value is -3.04. The third-order valence-electron chi connectivity index (χ3n) is 6.62. The Labute approximate surface area is 205 Å². The molecule has 176 valence electrons. The zero-order valence-corrected chi connectivity index (χ0v) is 21.8. The topological polar surface area (TPSA) is 37.3 Å². The van der Waals surface area contributed by atoms with Gasteiger partial charge in [-0.2, -0.15) is 0 Å². The fourth-order valence-corrected chi connectivity index (χ4v) is 5.90. The van der Waals surface area contributed by atoms with Crippen LogP contribution in [0.25, 0.3) is 16.6 Å². The van der Waals surface area contributed by atoms with Gasteiger partial charge in [-0.3, -0.25) is 0 Å². The molecule has 3 aromatic carbocycles. The van der Waals surface area contributed by atoms with Gasteiger partial charge in [-0.25, -0.2) is 14.8 Å². The van der Waals surface area contributed by atoms with E-state index in [1.165, 1.54) is 38.3 Å². The monoisotopic (exact) mass is 470 g/mol. The second-order valence-corrected chi connectivity index (χ2v) is 14.7. The van der Waals surface area contributed by atoms with E-state index in [1.807, 2.05) is 12.1 Å². The molecule has 3 heteroatoms. The summed E-state index contributed by atoms with van der Waals surface area (Å²) in [4.78, 5) is 12.6. The van der Waals surface area contributed by atoms with E-state index < -0.39 is 16.0 Å². The minimum Gasteiger partial charge on any atom is -0.478 e. The van der Waals surface area contributed by atoms with Gasteiger partial charge in [0.2, 0.25) is 0 Å². The highest BCUT2D eigenvalue weighted by atomic mass is 32.3. The number of rotatable bonds is 5. The molecule has 0 saturated carbocycles. The van der Waals surface area contributed by atoms with Gasteiger partial charge >= 0.3 is 5.97 Å². The second kappa shape index (κ2) is 8.96. The van der Waals surface area contributed by atoms with Gasteiger partial charge < -0.3 is 5.11 Å². The lowest BCUT2D eigenvalue weighted by molar-refractivity contribution is 0.0697. The highest BCUT2D eigenvalue weighted by Gasteiger charge is 2.29. The molecule has 4 rings (SSSR count). The van der Waals surface area contributed by atoms with E-state index in [4.69, 9.17) is 0 Å². The van der Waals surface area contributed by atoms with E-state index in [9.17, 15) is 9.90 Å². The molecule has 0 bridgehead atoms. The summed E-state index contributed by atoms with van der Waals surface area (Å²) in [5.74, 6) is -0.898. The highest BCUT2D eigenvalue weighted by molar-refractivity contribution is 8.39. The molecule has 0 unspecified atom stereocenters. The molecule has 0 aromatic heterocycles. The van der Waals surface area contributed by atoms with Crippen LogP contribution in [0.2, 0.25) is 0 Å². The molecular weight excluding hydrogens is 436 g/mol. The molecule has 0 spiro atoms. The van der Waals surface area contributed by atoms with Gasteiger partial charge in [0.25, 0.3) is 0 Å². The Balaban J connectivity index is 1.85. The maximum absolute atomic E-state index is 11.3. The van der Waals surface area contributed by atoms with Crippen molar-refractivity contribution in [3.63, 3.8) is 0 Å². The lowest BCUT2D eigenvalue weighted by Gasteiger charge is -2.35. The molecule has 1 N–H and O–H groups in total. The number of carboxylic acid groups (broad SMARTS) is 1. The van der Waals surface area contributed by atoms with Crippen molar-refractivity contribution in [3.8, 4) is 0 Å². The fourth-order valence-electron chi connectivity index (χ4n) is 4.58. The summed E-state index contributed by atoms with van der Waals surface area (Å²) in [5, 5.41) is 9.24. The number of hydrogen-bond acceptors (Lipinski definition) is 1. The fraction of sp³-hybridized carbons (Fsp3) is 0.258. The Morgan fingerprint density at radius 2 is 1.53 bits per heavy atom. The summed E-state index contributed by atoms with van der Waals surface area (Å²) >= 11 is 0. The molecule has 1 aliphatic rings. The molecule has 1 aliphatic carbocycles. The van der Waals surface area contributed by atoms with E-state index in [-0.39, 0.29) is 5.41 Å². The van der Waals surface area contributed by atoms with Crippen LogP contribution in [0.5, 0.6) is 0 Å². The van der Waals surface area contributed by atoms with Gasteiger partial charge in [0.15, 0.2) is 0 Å². The molecule has 0 atom stereocenters. The summed E-state index contributed by atoms with van der Waals surface area (Å²) in [6.45, 7) is 6.77. The predicted molar refractivity (Wildman–Crippen MR) is 149 cm³/mol. The van der Waals surface area contributed by atoms with E-state index in [1.54, 1.807) is 12.1 Å². The van der Waals surface area contributed by atoms with E-state index in [0.717, 1.165) is 12.0 Å². The quantitative estimate of drug-likeness (QED) is 0.384. The van der Waals surface area contributed by atoms with Crippen molar-refractivity contribution in [2.75, 3.05) is 18.8 Å². The van der Waals surface area contributed by atoms with Gasteiger partial charge in [-0.15, -0.1) is 0 Å². The average Bonchev–Trinajstić information content (AvgIpc) is 2.77. The second-order valence-electron chi connectivity index (χ2n) is 10.6. The summed E-state index contributed by atoms with van der Waals surface area (Å²) < 4.78 is 0. The average molecular weight is 471 g/mol. The lowest BCUT2D eigenvalue weighted by Crippen LogP contribution is -2.22. The number of allylic oxidation sites excluding steroid dienone is 1. The molecule has 2 nitrogen and oxygen atoms in total. The van der Waals surface area contributed by atoms with Crippen LogP contribution >= 0.6 is 10.0 Å². The van der Waals surface area contributed by atoms with Crippen molar-refractivity contribution in [1.82, 2.24) is 0 Å². The Bertz CT molecular complexity index is 1280. The Kier molecular flexibility index (Phi) is 6.35. The smallest absolute Gasteiger partial charge is 0.335 e. The molecule has 0 radical (unpaired) electrons. The van der Waals surface area contributed by atoms with Gasteiger partial charge in [0.1, 0.15) is 0 Å². The number of benzene rings is 3. The van der Waals surface area contributed by atoms with Crippen molar-refractivity contribution >= 4 is 32.6 Å². The summed E-state index contributed by atoms with van der Waals surface area (Å²) in [5.41, 5.74) is 9.21. The zero-order valence-electron chi connectivity index (χ0n) is 21.0. The third kappa shape index (κ3) is 4.90. The van der Waals surface area contributed by atoms with Crippen LogP contribution in [0.3, 0.4) is 0 Å². The molecule has 0 aliphatic heterocycles. The van der Waals surface area contributed by atoms with Crippen LogP contribution in [-0.4, -0.2) is 29.8 Å². The van der Waals surface area contributed by atoms with Crippen molar-refractivity contribution in [2.24, 2.45) is 0 Å². The highest BCUT2D eigenvalue weighted by Crippen LogP contribution is 2.53. The van der Waals surface area contributed by atoms with Crippen LogP contribution in [0.15, 0.2) is 72.8 Å². The maximum atomic E-state index is 11.3. The number of aromatic carboxylic acids is 1. The Morgan fingerprint density at radius 1 is 0.912 bits per heavy atom. The van der Waals surface area contributed by atoms with Crippen LogP contribution in [0.4, 0.5) is 0 Å². The first-order chi connectivity index (χ1) is 16.0. The number of hydrogen-bond donors (Lipinski definition) is 1. The van der Waals surface area contributed by atoms with Crippen LogP contribution in [0, 0.1) is 6.92 Å². The van der Waals surface area contributed by atoms with Gasteiger partial charge in [-0.1, -0.05) is 74.0 Å². The minimum atomic E-state index is -1.06. The van der Waals surface area contributed by atoms with Crippen molar-refractivity contribution in [3.05, 3.63) is 112 Å².